The Kier molecular flexibility index (Phi) is 6.27. The number of aliphatic hydroxyl groups excluding tert-OH is 1. The zero-order valence-electron chi connectivity index (χ0n) is 18.4. The Hall–Kier alpha value is -1.44. The number of nitrogens with zero attached hydrogens (tertiary/aromatic N) is 5. The van der Waals surface area contributed by atoms with Crippen LogP contribution in [0.5, 0.6) is 0 Å². The van der Waals surface area contributed by atoms with Crippen molar-refractivity contribution in [2.24, 2.45) is 5.92 Å². The Bertz CT molecular complexity index is 697. The second-order valence-corrected chi connectivity index (χ2v) is 9.38. The minimum atomic E-state index is 0.136. The molecule has 162 valence electrons. The summed E-state index contributed by atoms with van der Waals surface area (Å²) in [5.41, 5.74) is 2.77. The summed E-state index contributed by atoms with van der Waals surface area (Å²) in [6.45, 7) is 6.10. The SMILES string of the molecule is CN(C)c1nc(N(C)CCO)c2c(n1)C1(CC2)CCN(CC2CCCOC2)CC1. The van der Waals surface area contributed by atoms with E-state index in [-0.39, 0.29) is 12.0 Å². The average Bonchev–Trinajstić information content (AvgIpc) is 3.08. The number of ether oxygens (including phenoxy) is 1. The van der Waals surface area contributed by atoms with Gasteiger partial charge in [0.05, 0.1) is 18.9 Å². The van der Waals surface area contributed by atoms with Crippen LogP contribution in [0.4, 0.5) is 11.8 Å². The lowest BCUT2D eigenvalue weighted by Crippen LogP contribution is -2.44. The molecule has 2 saturated heterocycles. The number of aliphatic hydroxyl groups is 1. The van der Waals surface area contributed by atoms with Gasteiger partial charge in [-0.05, 0) is 57.5 Å². The Morgan fingerprint density at radius 3 is 2.62 bits per heavy atom. The van der Waals surface area contributed by atoms with E-state index in [1.807, 2.05) is 26.0 Å². The van der Waals surface area contributed by atoms with Crippen LogP contribution >= 0.6 is 0 Å². The maximum Gasteiger partial charge on any atom is 0.227 e. The van der Waals surface area contributed by atoms with Crippen molar-refractivity contribution in [1.82, 2.24) is 14.9 Å². The van der Waals surface area contributed by atoms with Crippen molar-refractivity contribution >= 4 is 11.8 Å². The summed E-state index contributed by atoms with van der Waals surface area (Å²) < 4.78 is 5.68. The van der Waals surface area contributed by atoms with Gasteiger partial charge in [-0.25, -0.2) is 4.98 Å². The second kappa shape index (κ2) is 8.74. The maximum atomic E-state index is 9.42. The highest BCUT2D eigenvalue weighted by Gasteiger charge is 2.44. The molecule has 1 aliphatic carbocycles. The monoisotopic (exact) mass is 403 g/mol. The van der Waals surface area contributed by atoms with Crippen LogP contribution in [-0.4, -0.2) is 87.1 Å². The van der Waals surface area contributed by atoms with Gasteiger partial charge in [0.15, 0.2) is 0 Å². The van der Waals surface area contributed by atoms with Crippen LogP contribution < -0.4 is 9.80 Å². The lowest BCUT2D eigenvalue weighted by atomic mass is 9.76. The normalized spacial score (nSPS) is 23.9. The van der Waals surface area contributed by atoms with Crippen LogP contribution in [0.2, 0.25) is 0 Å². The van der Waals surface area contributed by atoms with Crippen LogP contribution in [0.25, 0.3) is 0 Å². The molecule has 2 aliphatic heterocycles. The van der Waals surface area contributed by atoms with E-state index >= 15 is 0 Å². The zero-order chi connectivity index (χ0) is 20.4. The molecule has 1 aromatic heterocycles. The molecule has 2 fully saturated rings. The number of fused-ring (bicyclic) bond motifs is 2. The van der Waals surface area contributed by atoms with Gasteiger partial charge >= 0.3 is 0 Å². The van der Waals surface area contributed by atoms with Crippen molar-refractivity contribution in [3.05, 3.63) is 11.3 Å². The lowest BCUT2D eigenvalue weighted by molar-refractivity contribution is 0.0304. The number of aromatic nitrogens is 2. The molecule has 0 aromatic carbocycles. The molecule has 1 spiro atoms. The number of hydrogen-bond acceptors (Lipinski definition) is 7. The maximum absolute atomic E-state index is 9.42. The smallest absolute Gasteiger partial charge is 0.227 e. The fourth-order valence-corrected chi connectivity index (χ4v) is 5.35. The van der Waals surface area contributed by atoms with E-state index in [0.717, 1.165) is 44.5 Å². The van der Waals surface area contributed by atoms with Gasteiger partial charge in [-0.3, -0.25) is 0 Å². The molecule has 7 heteroatoms. The first-order valence-electron chi connectivity index (χ1n) is 11.2. The molecule has 1 atom stereocenters. The molecule has 3 aliphatic rings. The lowest BCUT2D eigenvalue weighted by Gasteiger charge is -2.41. The van der Waals surface area contributed by atoms with Crippen molar-refractivity contribution < 1.29 is 9.84 Å². The fourth-order valence-electron chi connectivity index (χ4n) is 5.35. The third-order valence-electron chi connectivity index (χ3n) is 7.11. The largest absolute Gasteiger partial charge is 0.395 e. The van der Waals surface area contributed by atoms with Gasteiger partial charge < -0.3 is 24.5 Å². The standard InChI is InChI=1S/C22H37N5O2/c1-25(2)21-23-19-18(20(24-21)26(3)12-13-28)6-7-22(19)8-10-27(11-9-22)15-17-5-4-14-29-16-17/h17,28H,4-16H2,1-3H3. The van der Waals surface area contributed by atoms with E-state index in [4.69, 9.17) is 14.7 Å². The molecule has 0 bridgehead atoms. The topological polar surface area (TPSA) is 65.0 Å². The van der Waals surface area contributed by atoms with Gasteiger partial charge in [0, 0.05) is 51.8 Å². The highest BCUT2D eigenvalue weighted by Crippen LogP contribution is 2.48. The van der Waals surface area contributed by atoms with Crippen molar-refractivity contribution in [3.8, 4) is 0 Å². The van der Waals surface area contributed by atoms with Crippen molar-refractivity contribution in [2.75, 3.05) is 76.9 Å². The summed E-state index contributed by atoms with van der Waals surface area (Å²) in [6, 6.07) is 0. The summed E-state index contributed by atoms with van der Waals surface area (Å²) >= 11 is 0. The number of rotatable bonds is 6. The quantitative estimate of drug-likeness (QED) is 0.775. The number of piperidine rings is 1. The van der Waals surface area contributed by atoms with Gasteiger partial charge in [-0.15, -0.1) is 0 Å². The Balaban J connectivity index is 1.53. The number of likely N-dealkylation sites (N-methyl/N-ethyl adjacent to an activating group) is 1. The van der Waals surface area contributed by atoms with Crippen LogP contribution in [-0.2, 0) is 16.6 Å². The molecule has 0 radical (unpaired) electrons. The zero-order valence-corrected chi connectivity index (χ0v) is 18.4. The first-order chi connectivity index (χ1) is 14.0. The highest BCUT2D eigenvalue weighted by atomic mass is 16.5. The Morgan fingerprint density at radius 2 is 1.97 bits per heavy atom. The predicted octanol–water partition coefficient (Wildman–Crippen LogP) is 1.68. The number of hydrogen-bond donors (Lipinski definition) is 1. The molecule has 1 N–H and O–H groups in total. The summed E-state index contributed by atoms with van der Waals surface area (Å²) in [7, 11) is 6.04. The molecule has 0 saturated carbocycles. The molecule has 1 aromatic rings. The minimum absolute atomic E-state index is 0.136. The minimum Gasteiger partial charge on any atom is -0.395 e. The van der Waals surface area contributed by atoms with Crippen LogP contribution in [0.3, 0.4) is 0 Å². The van der Waals surface area contributed by atoms with E-state index in [1.54, 1.807) is 0 Å². The molecule has 1 unspecified atom stereocenters. The van der Waals surface area contributed by atoms with Crippen LogP contribution in [0.1, 0.15) is 43.4 Å². The van der Waals surface area contributed by atoms with E-state index < -0.39 is 0 Å². The average molecular weight is 404 g/mol. The summed E-state index contributed by atoms with van der Waals surface area (Å²) in [5.74, 6) is 2.49. The molecule has 7 nitrogen and oxygen atoms in total. The van der Waals surface area contributed by atoms with E-state index in [0.29, 0.717) is 12.5 Å². The molecule has 4 rings (SSSR count). The van der Waals surface area contributed by atoms with Gasteiger partial charge in [-0.1, -0.05) is 0 Å². The Labute approximate surface area is 175 Å². The van der Waals surface area contributed by atoms with Gasteiger partial charge in [0.2, 0.25) is 5.95 Å². The number of anilines is 2. The van der Waals surface area contributed by atoms with E-state index in [9.17, 15) is 5.11 Å². The van der Waals surface area contributed by atoms with Crippen LogP contribution in [0.15, 0.2) is 0 Å². The molecular formula is C22H37N5O2. The molecule has 3 heterocycles. The second-order valence-electron chi connectivity index (χ2n) is 9.38. The van der Waals surface area contributed by atoms with E-state index in [1.165, 1.54) is 49.9 Å². The summed E-state index contributed by atoms with van der Waals surface area (Å²) in [4.78, 5) is 16.6. The van der Waals surface area contributed by atoms with Gasteiger partial charge in [-0.2, -0.15) is 4.98 Å². The van der Waals surface area contributed by atoms with E-state index in [2.05, 4.69) is 9.80 Å². The molecule has 0 amide bonds. The highest BCUT2D eigenvalue weighted by molar-refractivity contribution is 5.57. The summed E-state index contributed by atoms with van der Waals surface area (Å²) in [5, 5.41) is 9.42. The third-order valence-corrected chi connectivity index (χ3v) is 7.11. The molecule has 29 heavy (non-hydrogen) atoms. The molecular weight excluding hydrogens is 366 g/mol. The first kappa shape index (κ1) is 20.8. The summed E-state index contributed by atoms with van der Waals surface area (Å²) in [6.07, 6.45) is 7.11. The predicted molar refractivity (Wildman–Crippen MR) is 116 cm³/mol. The Morgan fingerprint density at radius 1 is 1.17 bits per heavy atom. The van der Waals surface area contributed by atoms with Crippen molar-refractivity contribution in [1.29, 1.82) is 0 Å². The van der Waals surface area contributed by atoms with Crippen LogP contribution in [0, 0.1) is 5.92 Å². The fraction of sp³-hybridized carbons (Fsp3) is 0.818. The van der Waals surface area contributed by atoms with Gasteiger partial charge in [0.1, 0.15) is 5.82 Å². The van der Waals surface area contributed by atoms with Gasteiger partial charge in [0.25, 0.3) is 0 Å². The number of likely N-dealkylation sites (tertiary alicyclic amines) is 1. The van der Waals surface area contributed by atoms with Crippen molar-refractivity contribution in [3.63, 3.8) is 0 Å². The third kappa shape index (κ3) is 4.23. The first-order valence-corrected chi connectivity index (χ1v) is 11.2. The van der Waals surface area contributed by atoms with Crippen molar-refractivity contribution in [2.45, 2.75) is 43.9 Å².